The first-order valence-electron chi connectivity index (χ1n) is 6.10. The molecule has 0 aliphatic carbocycles. The zero-order valence-electron chi connectivity index (χ0n) is 11.8. The van der Waals surface area contributed by atoms with Crippen molar-refractivity contribution in [1.29, 1.82) is 0 Å². The molecule has 110 valence electrons. The van der Waals surface area contributed by atoms with Gasteiger partial charge in [0.05, 0.1) is 4.92 Å². The fourth-order valence-corrected chi connectivity index (χ4v) is 2.00. The van der Waals surface area contributed by atoms with Crippen molar-refractivity contribution < 1.29 is 4.92 Å². The molecule has 0 atom stereocenters. The highest BCUT2D eigenvalue weighted by Crippen LogP contribution is 2.34. The molecule has 2 aromatic rings. The molecule has 0 saturated carbocycles. The predicted molar refractivity (Wildman–Crippen MR) is 82.5 cm³/mol. The minimum absolute atomic E-state index is 0.129. The maximum atomic E-state index is 11.3. The minimum Gasteiger partial charge on any atom is -0.357 e. The molecule has 1 N–H and O–H groups in total. The third-order valence-corrected chi connectivity index (χ3v) is 3.34. The summed E-state index contributed by atoms with van der Waals surface area (Å²) in [6.45, 7) is 1.82. The normalized spacial score (nSPS) is 10.3. The van der Waals surface area contributed by atoms with Crippen molar-refractivity contribution in [3.63, 3.8) is 0 Å². The lowest BCUT2D eigenvalue weighted by Gasteiger charge is -2.14. The Kier molecular flexibility index (Phi) is 4.23. The van der Waals surface area contributed by atoms with Crippen molar-refractivity contribution in [3.05, 3.63) is 45.2 Å². The van der Waals surface area contributed by atoms with Crippen LogP contribution in [0.5, 0.6) is 0 Å². The number of aromatic nitrogens is 2. The van der Waals surface area contributed by atoms with Crippen LogP contribution >= 0.6 is 11.6 Å². The van der Waals surface area contributed by atoms with Gasteiger partial charge in [-0.3, -0.25) is 10.1 Å². The Morgan fingerprint density at radius 1 is 1.33 bits per heavy atom. The minimum atomic E-state index is -0.502. The van der Waals surface area contributed by atoms with Crippen molar-refractivity contribution in [3.8, 4) is 0 Å². The van der Waals surface area contributed by atoms with Crippen molar-refractivity contribution in [2.45, 2.75) is 6.92 Å². The molecule has 8 heteroatoms. The smallest absolute Gasteiger partial charge is 0.353 e. The van der Waals surface area contributed by atoms with Gasteiger partial charge in [0.15, 0.2) is 0 Å². The largest absolute Gasteiger partial charge is 0.357 e. The first kappa shape index (κ1) is 15.0. The van der Waals surface area contributed by atoms with Gasteiger partial charge in [-0.1, -0.05) is 17.7 Å². The number of benzene rings is 1. The zero-order valence-corrected chi connectivity index (χ0v) is 12.5. The molecule has 0 aliphatic heterocycles. The van der Waals surface area contributed by atoms with Gasteiger partial charge in [0.2, 0.25) is 11.6 Å². The molecule has 1 aromatic heterocycles. The summed E-state index contributed by atoms with van der Waals surface area (Å²) in [4.78, 5) is 20.3. The van der Waals surface area contributed by atoms with Crippen molar-refractivity contribution in [2.24, 2.45) is 0 Å². The van der Waals surface area contributed by atoms with Gasteiger partial charge in [0.25, 0.3) is 0 Å². The third kappa shape index (κ3) is 3.03. The predicted octanol–water partition coefficient (Wildman–Crippen LogP) is 3.16. The SMILES string of the molecule is Cc1c(Cl)cccc1Nc1ncnc(N(C)C)c1[N+](=O)[O-]. The standard InChI is InChI=1S/C13H14ClN5O2/c1-8-9(14)5-4-6-10(8)17-12-11(19(20)21)13(18(2)3)16-7-15-12/h4-7H,1-3H3,(H,15,16,17). The molecular weight excluding hydrogens is 294 g/mol. The van der Waals surface area contributed by atoms with E-state index in [1.54, 1.807) is 37.2 Å². The second-order valence-corrected chi connectivity index (χ2v) is 4.99. The Balaban J connectivity index is 2.52. The number of hydrogen-bond donors (Lipinski definition) is 1. The molecule has 21 heavy (non-hydrogen) atoms. The van der Waals surface area contributed by atoms with E-state index in [9.17, 15) is 10.1 Å². The molecule has 0 saturated heterocycles. The van der Waals surface area contributed by atoms with Gasteiger partial charge in [-0.05, 0) is 24.6 Å². The van der Waals surface area contributed by atoms with Crippen LogP contribution in [0.3, 0.4) is 0 Å². The van der Waals surface area contributed by atoms with Crippen LogP contribution in [0, 0.1) is 17.0 Å². The highest BCUT2D eigenvalue weighted by molar-refractivity contribution is 6.31. The van der Waals surface area contributed by atoms with Gasteiger partial charge in [-0.25, -0.2) is 9.97 Å². The van der Waals surface area contributed by atoms with Crippen LogP contribution < -0.4 is 10.2 Å². The monoisotopic (exact) mass is 307 g/mol. The summed E-state index contributed by atoms with van der Waals surface area (Å²) >= 11 is 6.05. The Morgan fingerprint density at radius 2 is 2.05 bits per heavy atom. The first-order chi connectivity index (χ1) is 9.91. The number of rotatable bonds is 4. The lowest BCUT2D eigenvalue weighted by atomic mass is 10.2. The Hall–Kier alpha value is -2.41. The molecule has 1 heterocycles. The van der Waals surface area contributed by atoms with Crippen LogP contribution in [0.2, 0.25) is 5.02 Å². The number of halogens is 1. The molecule has 0 fully saturated rings. The highest BCUT2D eigenvalue weighted by Gasteiger charge is 2.24. The van der Waals surface area contributed by atoms with Gasteiger partial charge in [-0.2, -0.15) is 0 Å². The van der Waals surface area contributed by atoms with Gasteiger partial charge >= 0.3 is 5.69 Å². The average molecular weight is 308 g/mol. The third-order valence-electron chi connectivity index (χ3n) is 2.93. The summed E-state index contributed by atoms with van der Waals surface area (Å²) in [5.41, 5.74) is 1.27. The van der Waals surface area contributed by atoms with E-state index in [4.69, 9.17) is 11.6 Å². The Morgan fingerprint density at radius 3 is 2.67 bits per heavy atom. The van der Waals surface area contributed by atoms with E-state index in [-0.39, 0.29) is 17.3 Å². The molecule has 0 unspecified atom stereocenters. The van der Waals surface area contributed by atoms with E-state index in [1.165, 1.54) is 6.33 Å². The van der Waals surface area contributed by atoms with Crippen molar-refractivity contribution in [1.82, 2.24) is 9.97 Å². The van der Waals surface area contributed by atoms with Gasteiger partial charge < -0.3 is 10.2 Å². The Labute approximate surface area is 126 Å². The number of hydrogen-bond acceptors (Lipinski definition) is 6. The van der Waals surface area contributed by atoms with Crippen LogP contribution in [0.1, 0.15) is 5.56 Å². The molecule has 2 rings (SSSR count). The molecule has 0 bridgehead atoms. The van der Waals surface area contributed by atoms with Crippen LogP contribution in [-0.2, 0) is 0 Å². The van der Waals surface area contributed by atoms with Crippen molar-refractivity contribution >= 4 is 34.6 Å². The van der Waals surface area contributed by atoms with E-state index in [1.807, 2.05) is 6.92 Å². The number of nitrogens with zero attached hydrogens (tertiary/aromatic N) is 4. The molecule has 0 aliphatic rings. The molecule has 0 radical (unpaired) electrons. The van der Waals surface area contributed by atoms with E-state index >= 15 is 0 Å². The van der Waals surface area contributed by atoms with Crippen molar-refractivity contribution in [2.75, 3.05) is 24.3 Å². The summed E-state index contributed by atoms with van der Waals surface area (Å²) in [6, 6.07) is 5.29. The highest BCUT2D eigenvalue weighted by atomic mass is 35.5. The molecule has 0 spiro atoms. The first-order valence-corrected chi connectivity index (χ1v) is 6.48. The van der Waals surface area contributed by atoms with E-state index in [0.29, 0.717) is 10.7 Å². The average Bonchev–Trinajstić information content (AvgIpc) is 2.43. The van der Waals surface area contributed by atoms with Gasteiger partial charge in [0, 0.05) is 24.8 Å². The van der Waals surface area contributed by atoms with Crippen LogP contribution in [-0.4, -0.2) is 29.0 Å². The number of anilines is 3. The Bertz CT molecular complexity index is 690. The summed E-state index contributed by atoms with van der Waals surface area (Å²) < 4.78 is 0. The summed E-state index contributed by atoms with van der Waals surface area (Å²) in [7, 11) is 3.37. The van der Waals surface area contributed by atoms with Crippen LogP contribution in [0.15, 0.2) is 24.5 Å². The fourth-order valence-electron chi connectivity index (χ4n) is 1.83. The van der Waals surface area contributed by atoms with Gasteiger partial charge in [0.1, 0.15) is 6.33 Å². The van der Waals surface area contributed by atoms with Crippen LogP contribution in [0.4, 0.5) is 23.0 Å². The van der Waals surface area contributed by atoms with Gasteiger partial charge in [-0.15, -0.1) is 0 Å². The second-order valence-electron chi connectivity index (χ2n) is 4.58. The van der Waals surface area contributed by atoms with E-state index in [2.05, 4.69) is 15.3 Å². The summed E-state index contributed by atoms with van der Waals surface area (Å²) in [6.07, 6.45) is 1.28. The molecular formula is C13H14ClN5O2. The number of nitro groups is 1. The van der Waals surface area contributed by atoms with E-state index in [0.717, 1.165) is 5.56 Å². The maximum absolute atomic E-state index is 11.3. The van der Waals surface area contributed by atoms with Crippen LogP contribution in [0.25, 0.3) is 0 Å². The molecule has 1 aromatic carbocycles. The lowest BCUT2D eigenvalue weighted by Crippen LogP contribution is -2.14. The second kappa shape index (κ2) is 5.92. The topological polar surface area (TPSA) is 84.2 Å². The summed E-state index contributed by atoms with van der Waals surface area (Å²) in [5.74, 6) is 0.362. The fraction of sp³-hybridized carbons (Fsp3) is 0.231. The number of nitrogens with one attached hydrogen (secondary N) is 1. The van der Waals surface area contributed by atoms with E-state index < -0.39 is 4.92 Å². The summed E-state index contributed by atoms with van der Waals surface area (Å²) in [5, 5.41) is 14.8. The molecule has 7 nitrogen and oxygen atoms in total. The quantitative estimate of drug-likeness (QED) is 0.690. The zero-order chi connectivity index (χ0) is 15.6. The molecule has 0 amide bonds. The lowest BCUT2D eigenvalue weighted by molar-refractivity contribution is -0.383. The maximum Gasteiger partial charge on any atom is 0.353 e.